The lowest BCUT2D eigenvalue weighted by molar-refractivity contribution is -0.576. The van der Waals surface area contributed by atoms with Crippen LogP contribution < -0.4 is 4.73 Å². The lowest BCUT2D eigenvalue weighted by Crippen LogP contribution is -2.26. The third-order valence-electron chi connectivity index (χ3n) is 3.20. The highest BCUT2D eigenvalue weighted by Crippen LogP contribution is 2.22. The summed E-state index contributed by atoms with van der Waals surface area (Å²) < 4.78 is 26.9. The summed E-state index contributed by atoms with van der Waals surface area (Å²) in [6.45, 7) is 1.88. The average Bonchev–Trinajstić information content (AvgIpc) is 2.83. The van der Waals surface area contributed by atoms with Crippen LogP contribution in [-0.2, 0) is 10.0 Å². The maximum Gasteiger partial charge on any atom is 0.268 e. The van der Waals surface area contributed by atoms with Gasteiger partial charge in [0, 0.05) is 12.3 Å². The van der Waals surface area contributed by atoms with Crippen LogP contribution in [-0.4, -0.2) is 12.4 Å². The Kier molecular flexibility index (Phi) is 3.15. The second-order valence-electron chi connectivity index (χ2n) is 4.68. The zero-order chi connectivity index (χ0) is 15.2. The summed E-state index contributed by atoms with van der Waals surface area (Å²) in [4.78, 5) is 0.156. The predicted octanol–water partition coefficient (Wildman–Crippen LogP) is 2.47. The van der Waals surface area contributed by atoms with Crippen molar-refractivity contribution in [1.82, 2.24) is 3.97 Å². The van der Waals surface area contributed by atoms with Gasteiger partial charge in [0.25, 0.3) is 10.0 Å². The molecule has 108 valence electrons. The molecule has 2 aromatic heterocycles. The molecule has 5 nitrogen and oxygen atoms in total. The van der Waals surface area contributed by atoms with Crippen molar-refractivity contribution < 1.29 is 13.1 Å². The lowest BCUT2D eigenvalue weighted by Gasteiger charge is -2.07. The summed E-state index contributed by atoms with van der Waals surface area (Å²) in [5, 5.41) is 11.9. The Morgan fingerprint density at radius 1 is 1.19 bits per heavy atom. The Hall–Kier alpha value is -2.05. The maximum absolute atomic E-state index is 12.7. The van der Waals surface area contributed by atoms with E-state index in [1.54, 1.807) is 12.1 Å². The van der Waals surface area contributed by atoms with Gasteiger partial charge in [0.2, 0.25) is 5.52 Å². The van der Waals surface area contributed by atoms with E-state index in [0.29, 0.717) is 4.73 Å². The SMILES string of the molecule is Cc1ccc(S(=O)(=O)n2ccc3c2cc(Cl)c[n+]3[O-])cc1. The fourth-order valence-corrected chi connectivity index (χ4v) is 3.65. The summed E-state index contributed by atoms with van der Waals surface area (Å²) in [5.41, 5.74) is 1.46. The number of aryl methyl sites for hydroxylation is 1. The van der Waals surface area contributed by atoms with Gasteiger partial charge < -0.3 is 5.21 Å². The molecule has 21 heavy (non-hydrogen) atoms. The fraction of sp³-hybridized carbons (Fsp3) is 0.0714. The number of rotatable bonds is 2. The van der Waals surface area contributed by atoms with E-state index in [-0.39, 0.29) is 21.0 Å². The standard InChI is InChI=1S/C14H11ClN2O3S/c1-10-2-4-12(5-3-10)21(19,20)17-7-6-13-14(17)8-11(15)9-16(13)18/h2-9H,1H3. The van der Waals surface area contributed by atoms with Crippen LogP contribution in [0.25, 0.3) is 11.0 Å². The molecule has 0 N–H and O–H groups in total. The van der Waals surface area contributed by atoms with E-state index in [9.17, 15) is 13.6 Å². The van der Waals surface area contributed by atoms with Gasteiger partial charge in [-0.25, -0.2) is 12.4 Å². The van der Waals surface area contributed by atoms with Crippen molar-refractivity contribution in [2.45, 2.75) is 11.8 Å². The lowest BCUT2D eigenvalue weighted by atomic mass is 10.2. The van der Waals surface area contributed by atoms with E-state index in [1.807, 2.05) is 6.92 Å². The molecule has 0 fully saturated rings. The maximum atomic E-state index is 12.7. The van der Waals surface area contributed by atoms with Gasteiger partial charge in [0.1, 0.15) is 10.5 Å². The molecule has 0 aliphatic rings. The van der Waals surface area contributed by atoms with Crippen molar-refractivity contribution in [2.75, 3.05) is 0 Å². The van der Waals surface area contributed by atoms with E-state index in [4.69, 9.17) is 11.6 Å². The van der Waals surface area contributed by atoms with E-state index in [1.165, 1.54) is 36.7 Å². The minimum Gasteiger partial charge on any atom is -0.618 e. The number of benzene rings is 1. The molecule has 3 aromatic rings. The summed E-state index contributed by atoms with van der Waals surface area (Å²) in [6, 6.07) is 9.42. The van der Waals surface area contributed by atoms with Crippen LogP contribution in [0.3, 0.4) is 0 Å². The summed E-state index contributed by atoms with van der Waals surface area (Å²) >= 11 is 5.84. The highest BCUT2D eigenvalue weighted by molar-refractivity contribution is 7.90. The van der Waals surface area contributed by atoms with E-state index < -0.39 is 10.0 Å². The molecule has 7 heteroatoms. The normalized spacial score (nSPS) is 11.9. The summed E-state index contributed by atoms with van der Waals surface area (Å²) in [7, 11) is -3.77. The molecule has 0 unspecified atom stereocenters. The smallest absolute Gasteiger partial charge is 0.268 e. The molecule has 2 heterocycles. The third-order valence-corrected chi connectivity index (χ3v) is 5.11. The molecule has 0 spiro atoms. The molecule has 0 aliphatic carbocycles. The van der Waals surface area contributed by atoms with Crippen LogP contribution >= 0.6 is 11.6 Å². The minimum atomic E-state index is -3.77. The molecule has 3 rings (SSSR count). The molecule has 0 atom stereocenters. The highest BCUT2D eigenvalue weighted by Gasteiger charge is 2.22. The van der Waals surface area contributed by atoms with Crippen LogP contribution in [0.15, 0.2) is 53.7 Å². The number of hydrogen-bond acceptors (Lipinski definition) is 3. The number of halogens is 1. The first-order valence-electron chi connectivity index (χ1n) is 6.11. The third kappa shape index (κ3) is 2.26. The molecule has 0 saturated carbocycles. The number of hydrogen-bond donors (Lipinski definition) is 0. The Bertz CT molecular complexity index is 931. The first kappa shape index (κ1) is 13.9. The van der Waals surface area contributed by atoms with E-state index in [0.717, 1.165) is 9.54 Å². The van der Waals surface area contributed by atoms with Gasteiger partial charge in [-0.2, -0.15) is 4.73 Å². The largest absolute Gasteiger partial charge is 0.618 e. The second-order valence-corrected chi connectivity index (χ2v) is 6.94. The molecule has 1 aromatic carbocycles. The predicted molar refractivity (Wildman–Crippen MR) is 79.7 cm³/mol. The molecule has 0 radical (unpaired) electrons. The molecular formula is C14H11ClN2O3S. The van der Waals surface area contributed by atoms with Gasteiger partial charge >= 0.3 is 0 Å². The number of nitrogens with zero attached hydrogens (tertiary/aromatic N) is 2. The first-order chi connectivity index (χ1) is 9.89. The van der Waals surface area contributed by atoms with Gasteiger partial charge in [0.15, 0.2) is 6.20 Å². The van der Waals surface area contributed by atoms with Gasteiger partial charge in [-0.05, 0) is 25.1 Å². The second kappa shape index (κ2) is 4.75. The topological polar surface area (TPSA) is 66.0 Å². The zero-order valence-corrected chi connectivity index (χ0v) is 12.6. The van der Waals surface area contributed by atoms with E-state index >= 15 is 0 Å². The first-order valence-corrected chi connectivity index (χ1v) is 7.93. The minimum absolute atomic E-state index is 0.156. The Balaban J connectivity index is 2.27. The molecular weight excluding hydrogens is 312 g/mol. The van der Waals surface area contributed by atoms with Crippen molar-refractivity contribution in [3.05, 3.63) is 64.6 Å². The fourth-order valence-electron chi connectivity index (χ4n) is 2.12. The molecule has 0 amide bonds. The quantitative estimate of drug-likeness (QED) is 0.538. The van der Waals surface area contributed by atoms with E-state index in [2.05, 4.69) is 0 Å². The molecule has 0 bridgehead atoms. The number of aromatic nitrogens is 2. The Morgan fingerprint density at radius 2 is 1.86 bits per heavy atom. The molecule has 0 aliphatic heterocycles. The number of fused-ring (bicyclic) bond motifs is 1. The zero-order valence-electron chi connectivity index (χ0n) is 11.0. The van der Waals surface area contributed by atoms with Gasteiger partial charge in [-0.1, -0.05) is 29.3 Å². The van der Waals surface area contributed by atoms with Crippen LogP contribution in [0.2, 0.25) is 5.02 Å². The highest BCUT2D eigenvalue weighted by atomic mass is 35.5. The van der Waals surface area contributed by atoms with Gasteiger partial charge in [-0.3, -0.25) is 0 Å². The average molecular weight is 323 g/mol. The van der Waals surface area contributed by atoms with Gasteiger partial charge in [0.05, 0.1) is 4.90 Å². The van der Waals surface area contributed by atoms with Crippen molar-refractivity contribution in [1.29, 1.82) is 0 Å². The van der Waals surface area contributed by atoms with Crippen molar-refractivity contribution >= 4 is 32.7 Å². The van der Waals surface area contributed by atoms with Crippen LogP contribution in [0.5, 0.6) is 0 Å². The Labute approximate surface area is 126 Å². The van der Waals surface area contributed by atoms with Crippen molar-refractivity contribution in [3.8, 4) is 0 Å². The Morgan fingerprint density at radius 3 is 2.52 bits per heavy atom. The van der Waals surface area contributed by atoms with Crippen LogP contribution in [0.1, 0.15) is 5.56 Å². The van der Waals surface area contributed by atoms with Gasteiger partial charge in [-0.15, -0.1) is 0 Å². The van der Waals surface area contributed by atoms with Crippen LogP contribution in [0.4, 0.5) is 0 Å². The number of pyridine rings is 1. The summed E-state index contributed by atoms with van der Waals surface area (Å²) in [6.07, 6.45) is 2.54. The monoisotopic (exact) mass is 322 g/mol. The molecule has 0 saturated heterocycles. The summed E-state index contributed by atoms with van der Waals surface area (Å²) in [5.74, 6) is 0. The van der Waals surface area contributed by atoms with Crippen LogP contribution in [0, 0.1) is 12.1 Å². The van der Waals surface area contributed by atoms with Crippen molar-refractivity contribution in [2.24, 2.45) is 0 Å². The van der Waals surface area contributed by atoms with Crippen molar-refractivity contribution in [3.63, 3.8) is 0 Å².